The molecular weight excluding hydrogens is 414 g/mol. The summed E-state index contributed by atoms with van der Waals surface area (Å²) < 4.78 is 5.87. The monoisotopic (exact) mass is 439 g/mol. The fourth-order valence-electron chi connectivity index (χ4n) is 3.91. The second-order valence-corrected chi connectivity index (χ2v) is 8.03. The Morgan fingerprint density at radius 2 is 1.79 bits per heavy atom. The zero-order valence-electron chi connectivity index (χ0n) is 18.4. The predicted molar refractivity (Wildman–Crippen MR) is 130 cm³/mol. The number of nitrogens with one attached hydrogen (secondary N) is 3. The van der Waals surface area contributed by atoms with E-state index in [2.05, 4.69) is 9.88 Å². The number of amidine groups is 2. The molecule has 0 spiro atoms. The highest BCUT2D eigenvalue weighted by Crippen LogP contribution is 2.25. The van der Waals surface area contributed by atoms with Gasteiger partial charge in [-0.25, -0.2) is 9.97 Å². The van der Waals surface area contributed by atoms with Crippen molar-refractivity contribution in [3.63, 3.8) is 0 Å². The maximum Gasteiger partial charge on any atom is 0.180 e. The van der Waals surface area contributed by atoms with Crippen molar-refractivity contribution < 1.29 is 4.74 Å². The third-order valence-corrected chi connectivity index (χ3v) is 5.70. The summed E-state index contributed by atoms with van der Waals surface area (Å²) in [5, 5.41) is 16.0. The quantitative estimate of drug-likeness (QED) is 0.318. The second kappa shape index (κ2) is 8.74. The molecule has 3 heterocycles. The number of aromatic nitrogens is 3. The summed E-state index contributed by atoms with van der Waals surface area (Å²) >= 11 is 0. The number of nitrogens with zero attached hydrogens (tertiary/aromatic N) is 4. The Labute approximate surface area is 191 Å². The molecule has 0 saturated carbocycles. The third kappa shape index (κ3) is 4.41. The number of pyridine rings is 1. The van der Waals surface area contributed by atoms with Crippen molar-refractivity contribution >= 4 is 28.7 Å². The van der Waals surface area contributed by atoms with Crippen molar-refractivity contribution in [2.75, 3.05) is 24.5 Å². The van der Waals surface area contributed by atoms with Gasteiger partial charge in [0.1, 0.15) is 29.8 Å². The normalized spacial score (nSPS) is 14.0. The standard InChI is InChI=1S/C25H25N7O/c1-17(26)32-14-13-31(15-22(32)27)23-12-11-21-25(29-23)30-24(28-21)19-7-9-20(10-8-19)33-16-18-5-3-2-4-6-18/h2-12,26-27H,13-16H2,1H3,(H,28,29,30). The van der Waals surface area contributed by atoms with E-state index in [-0.39, 0.29) is 0 Å². The molecule has 4 aromatic rings. The van der Waals surface area contributed by atoms with Gasteiger partial charge in [0.2, 0.25) is 0 Å². The smallest absolute Gasteiger partial charge is 0.180 e. The topological polar surface area (TPSA) is 105 Å². The number of anilines is 1. The minimum Gasteiger partial charge on any atom is -0.489 e. The van der Waals surface area contributed by atoms with Crippen LogP contribution in [0.15, 0.2) is 66.7 Å². The Hall–Kier alpha value is -4.20. The van der Waals surface area contributed by atoms with E-state index in [1.807, 2.05) is 66.7 Å². The molecule has 2 aromatic heterocycles. The van der Waals surface area contributed by atoms with Gasteiger partial charge in [-0.05, 0) is 48.9 Å². The van der Waals surface area contributed by atoms with Gasteiger partial charge < -0.3 is 19.5 Å². The number of rotatable bonds is 5. The minimum atomic E-state index is 0.400. The number of H-pyrrole nitrogens is 1. The first-order valence-electron chi connectivity index (χ1n) is 10.9. The summed E-state index contributed by atoms with van der Waals surface area (Å²) in [4.78, 5) is 16.5. The van der Waals surface area contributed by atoms with Gasteiger partial charge in [0.25, 0.3) is 0 Å². The molecule has 0 radical (unpaired) electrons. The lowest BCUT2D eigenvalue weighted by molar-refractivity contribution is 0.306. The molecule has 0 unspecified atom stereocenters. The molecule has 5 rings (SSSR count). The Bertz CT molecular complexity index is 1300. The van der Waals surface area contributed by atoms with Crippen molar-refractivity contribution in [2.45, 2.75) is 13.5 Å². The summed E-state index contributed by atoms with van der Waals surface area (Å²) in [5.74, 6) is 3.16. The van der Waals surface area contributed by atoms with E-state index in [1.54, 1.807) is 11.8 Å². The Kier molecular flexibility index (Phi) is 5.48. The Morgan fingerprint density at radius 1 is 1.00 bits per heavy atom. The number of fused-ring (bicyclic) bond motifs is 1. The van der Waals surface area contributed by atoms with Gasteiger partial charge in [0, 0.05) is 18.7 Å². The molecule has 1 fully saturated rings. The molecule has 166 valence electrons. The Morgan fingerprint density at radius 3 is 2.52 bits per heavy atom. The van der Waals surface area contributed by atoms with E-state index >= 15 is 0 Å². The summed E-state index contributed by atoms with van der Waals surface area (Å²) in [5.41, 5.74) is 3.59. The second-order valence-electron chi connectivity index (χ2n) is 8.03. The number of hydrogen-bond donors (Lipinski definition) is 3. The highest BCUT2D eigenvalue weighted by atomic mass is 16.5. The molecule has 8 nitrogen and oxygen atoms in total. The molecule has 0 bridgehead atoms. The van der Waals surface area contributed by atoms with Gasteiger partial charge in [0.15, 0.2) is 5.65 Å². The summed E-state index contributed by atoms with van der Waals surface area (Å²) in [6.07, 6.45) is 0. The van der Waals surface area contributed by atoms with Crippen molar-refractivity contribution in [1.29, 1.82) is 10.8 Å². The van der Waals surface area contributed by atoms with Gasteiger partial charge in [-0.3, -0.25) is 10.8 Å². The van der Waals surface area contributed by atoms with Crippen LogP contribution < -0.4 is 9.64 Å². The lowest BCUT2D eigenvalue weighted by atomic mass is 10.2. The molecule has 8 heteroatoms. The first kappa shape index (κ1) is 20.7. The number of imidazole rings is 1. The summed E-state index contributed by atoms with van der Waals surface area (Å²) in [6.45, 7) is 3.98. The molecule has 33 heavy (non-hydrogen) atoms. The maximum absolute atomic E-state index is 8.22. The van der Waals surface area contributed by atoms with E-state index in [9.17, 15) is 0 Å². The molecule has 0 amide bonds. The largest absolute Gasteiger partial charge is 0.489 e. The molecule has 3 N–H and O–H groups in total. The van der Waals surface area contributed by atoms with E-state index in [0.717, 1.165) is 34.0 Å². The first-order valence-corrected chi connectivity index (χ1v) is 10.9. The average molecular weight is 440 g/mol. The zero-order valence-corrected chi connectivity index (χ0v) is 18.4. The number of ether oxygens (including phenoxy) is 1. The average Bonchev–Trinajstić information content (AvgIpc) is 3.27. The molecule has 1 aliphatic heterocycles. The molecule has 0 aliphatic carbocycles. The van der Waals surface area contributed by atoms with Gasteiger partial charge in [0.05, 0.1) is 17.9 Å². The summed E-state index contributed by atoms with van der Waals surface area (Å²) in [6, 6.07) is 21.9. The first-order chi connectivity index (χ1) is 16.1. The van der Waals surface area contributed by atoms with Crippen LogP contribution in [0.2, 0.25) is 0 Å². The van der Waals surface area contributed by atoms with E-state index in [1.165, 1.54) is 0 Å². The fraction of sp³-hybridized carbons (Fsp3) is 0.200. The highest BCUT2D eigenvalue weighted by Gasteiger charge is 2.23. The zero-order chi connectivity index (χ0) is 22.8. The molecule has 0 atom stereocenters. The van der Waals surface area contributed by atoms with Crippen molar-refractivity contribution in [3.8, 4) is 17.1 Å². The Balaban J connectivity index is 1.30. The molecule has 2 aromatic carbocycles. The lowest BCUT2D eigenvalue weighted by Crippen LogP contribution is -2.51. The van der Waals surface area contributed by atoms with Crippen LogP contribution in [-0.2, 0) is 6.61 Å². The number of piperazine rings is 1. The number of aromatic amines is 1. The van der Waals surface area contributed by atoms with Crippen LogP contribution in [0.4, 0.5) is 5.82 Å². The van der Waals surface area contributed by atoms with Crippen LogP contribution in [0.25, 0.3) is 22.6 Å². The minimum absolute atomic E-state index is 0.400. The van der Waals surface area contributed by atoms with Gasteiger partial charge in [-0.1, -0.05) is 30.3 Å². The van der Waals surface area contributed by atoms with Crippen LogP contribution in [0.3, 0.4) is 0 Å². The number of hydrogen-bond acceptors (Lipinski definition) is 6. The van der Waals surface area contributed by atoms with Crippen LogP contribution in [0, 0.1) is 10.8 Å². The molecule has 1 saturated heterocycles. The van der Waals surface area contributed by atoms with Crippen molar-refractivity contribution in [3.05, 3.63) is 72.3 Å². The predicted octanol–water partition coefficient (Wildman–Crippen LogP) is 4.30. The lowest BCUT2D eigenvalue weighted by Gasteiger charge is -2.36. The van der Waals surface area contributed by atoms with Gasteiger partial charge >= 0.3 is 0 Å². The fourth-order valence-corrected chi connectivity index (χ4v) is 3.91. The van der Waals surface area contributed by atoms with E-state index in [0.29, 0.717) is 43.6 Å². The van der Waals surface area contributed by atoms with Crippen LogP contribution in [0.1, 0.15) is 12.5 Å². The van der Waals surface area contributed by atoms with E-state index < -0.39 is 0 Å². The third-order valence-electron chi connectivity index (χ3n) is 5.70. The molecular formula is C25H25N7O. The van der Waals surface area contributed by atoms with Crippen molar-refractivity contribution in [1.82, 2.24) is 19.9 Å². The number of benzene rings is 2. The van der Waals surface area contributed by atoms with Crippen molar-refractivity contribution in [2.24, 2.45) is 0 Å². The van der Waals surface area contributed by atoms with Crippen LogP contribution in [-0.4, -0.2) is 51.2 Å². The van der Waals surface area contributed by atoms with Gasteiger partial charge in [-0.15, -0.1) is 0 Å². The van der Waals surface area contributed by atoms with Crippen LogP contribution >= 0.6 is 0 Å². The maximum atomic E-state index is 8.22. The SMILES string of the molecule is CC(=N)N1CCN(c2ccc3[nH]c(-c4ccc(OCc5ccccc5)cc4)nc3n2)CC1=N. The van der Waals surface area contributed by atoms with Gasteiger partial charge in [-0.2, -0.15) is 0 Å². The van der Waals surface area contributed by atoms with Crippen LogP contribution in [0.5, 0.6) is 5.75 Å². The highest BCUT2D eigenvalue weighted by molar-refractivity contribution is 5.99. The molecule has 1 aliphatic rings. The summed E-state index contributed by atoms with van der Waals surface area (Å²) in [7, 11) is 0. The van der Waals surface area contributed by atoms with E-state index in [4.69, 9.17) is 25.5 Å².